The van der Waals surface area contributed by atoms with E-state index in [-0.39, 0.29) is 18.4 Å². The van der Waals surface area contributed by atoms with Crippen LogP contribution in [0.1, 0.15) is 33.1 Å². The van der Waals surface area contributed by atoms with Gasteiger partial charge in [0.15, 0.2) is 0 Å². The molecule has 0 aromatic rings. The van der Waals surface area contributed by atoms with Crippen LogP contribution in [0.3, 0.4) is 0 Å². The second-order valence-electron chi connectivity index (χ2n) is 6.25. The predicted octanol–water partition coefficient (Wildman–Crippen LogP) is -1.86. The van der Waals surface area contributed by atoms with Crippen LogP contribution < -0.4 is 16.4 Å². The van der Waals surface area contributed by atoms with Gasteiger partial charge in [0, 0.05) is 6.54 Å². The number of aliphatic hydroxyl groups excluding tert-OH is 1. The van der Waals surface area contributed by atoms with Crippen LogP contribution in [0.4, 0.5) is 0 Å². The van der Waals surface area contributed by atoms with E-state index in [1.165, 1.54) is 4.90 Å². The van der Waals surface area contributed by atoms with E-state index in [4.69, 9.17) is 10.8 Å². The molecule has 0 saturated carbocycles. The van der Waals surface area contributed by atoms with Crippen LogP contribution in [0, 0.1) is 5.92 Å². The SMILES string of the molecule is CCC(C)C(NC(=O)C1CCCN1C(=O)CN)C(=O)NC(C=O)CO. The van der Waals surface area contributed by atoms with Gasteiger partial charge in [-0.2, -0.15) is 0 Å². The number of carbonyl (C=O) groups excluding carboxylic acids is 4. The van der Waals surface area contributed by atoms with Gasteiger partial charge in [-0.15, -0.1) is 0 Å². The Hall–Kier alpha value is -2.00. The van der Waals surface area contributed by atoms with Crippen molar-refractivity contribution in [2.45, 2.75) is 51.2 Å². The summed E-state index contributed by atoms with van der Waals surface area (Å²) in [7, 11) is 0. The van der Waals surface area contributed by atoms with Gasteiger partial charge in [-0.1, -0.05) is 20.3 Å². The first kappa shape index (κ1) is 21.0. The number of nitrogens with one attached hydrogen (secondary N) is 2. The molecule has 0 bridgehead atoms. The number of rotatable bonds is 9. The smallest absolute Gasteiger partial charge is 0.243 e. The molecule has 0 radical (unpaired) electrons. The monoisotopic (exact) mass is 356 g/mol. The van der Waals surface area contributed by atoms with Gasteiger partial charge in [0.25, 0.3) is 0 Å². The molecule has 1 aliphatic rings. The first-order chi connectivity index (χ1) is 11.9. The van der Waals surface area contributed by atoms with Crippen LogP contribution in [0.2, 0.25) is 0 Å². The zero-order valence-corrected chi connectivity index (χ0v) is 14.7. The third-order valence-electron chi connectivity index (χ3n) is 4.53. The molecule has 1 fully saturated rings. The average molecular weight is 356 g/mol. The summed E-state index contributed by atoms with van der Waals surface area (Å²) < 4.78 is 0. The Labute approximate surface area is 147 Å². The molecule has 0 aliphatic carbocycles. The summed E-state index contributed by atoms with van der Waals surface area (Å²) in [6, 6.07) is -2.52. The highest BCUT2D eigenvalue weighted by Crippen LogP contribution is 2.18. The molecule has 4 unspecified atom stereocenters. The summed E-state index contributed by atoms with van der Waals surface area (Å²) >= 11 is 0. The van der Waals surface area contributed by atoms with Crippen LogP contribution in [0.5, 0.6) is 0 Å². The Morgan fingerprint density at radius 3 is 2.56 bits per heavy atom. The molecule has 0 spiro atoms. The normalized spacial score (nSPS) is 20.5. The van der Waals surface area contributed by atoms with E-state index in [0.717, 1.165) is 0 Å². The Morgan fingerprint density at radius 1 is 1.36 bits per heavy atom. The highest BCUT2D eigenvalue weighted by Gasteiger charge is 2.36. The lowest BCUT2D eigenvalue weighted by molar-refractivity contribution is -0.139. The minimum absolute atomic E-state index is 0.170. The van der Waals surface area contributed by atoms with E-state index in [0.29, 0.717) is 32.1 Å². The number of carbonyl (C=O) groups is 4. The first-order valence-corrected chi connectivity index (χ1v) is 8.55. The van der Waals surface area contributed by atoms with Crippen molar-refractivity contribution in [3.05, 3.63) is 0 Å². The zero-order chi connectivity index (χ0) is 19.0. The lowest BCUT2D eigenvalue weighted by Crippen LogP contribution is -2.57. The number of hydrogen-bond acceptors (Lipinski definition) is 6. The Morgan fingerprint density at radius 2 is 2.04 bits per heavy atom. The highest BCUT2D eigenvalue weighted by atomic mass is 16.3. The highest BCUT2D eigenvalue weighted by molar-refractivity contribution is 5.93. The molecule has 1 saturated heterocycles. The van der Waals surface area contributed by atoms with Crippen molar-refractivity contribution in [1.29, 1.82) is 0 Å². The second-order valence-corrected chi connectivity index (χ2v) is 6.25. The van der Waals surface area contributed by atoms with Crippen molar-refractivity contribution < 1.29 is 24.3 Å². The number of aliphatic hydroxyl groups is 1. The quantitative estimate of drug-likeness (QED) is 0.357. The number of aldehydes is 1. The van der Waals surface area contributed by atoms with Crippen molar-refractivity contribution in [3.63, 3.8) is 0 Å². The van der Waals surface area contributed by atoms with Gasteiger partial charge in [-0.25, -0.2) is 0 Å². The maximum Gasteiger partial charge on any atom is 0.243 e. The summed E-state index contributed by atoms with van der Waals surface area (Å²) in [6.45, 7) is 3.46. The molecule has 4 atom stereocenters. The Bertz CT molecular complexity index is 499. The maximum absolute atomic E-state index is 12.6. The number of likely N-dealkylation sites (tertiary alicyclic amines) is 1. The minimum atomic E-state index is -1.02. The van der Waals surface area contributed by atoms with Crippen molar-refractivity contribution in [3.8, 4) is 0 Å². The van der Waals surface area contributed by atoms with Crippen molar-refractivity contribution in [2.24, 2.45) is 11.7 Å². The van der Waals surface area contributed by atoms with Gasteiger partial charge < -0.3 is 31.2 Å². The standard InChI is InChI=1S/C16H28N4O5/c1-3-10(2)14(16(25)18-11(8-21)9-22)19-15(24)12-5-4-6-20(12)13(23)7-17/h8,10-12,14,22H,3-7,9,17H2,1-2H3,(H,18,25)(H,19,24). The third kappa shape index (κ3) is 5.50. The fourth-order valence-electron chi connectivity index (χ4n) is 2.80. The van der Waals surface area contributed by atoms with Crippen LogP contribution in [-0.2, 0) is 19.2 Å². The van der Waals surface area contributed by atoms with Gasteiger partial charge >= 0.3 is 0 Å². The molecule has 1 heterocycles. The number of nitrogens with two attached hydrogens (primary N) is 1. The van der Waals surface area contributed by atoms with Gasteiger partial charge in [0.05, 0.1) is 13.2 Å². The number of hydrogen-bond donors (Lipinski definition) is 4. The summed E-state index contributed by atoms with van der Waals surface area (Å²) in [5.41, 5.74) is 5.38. The lowest BCUT2D eigenvalue weighted by atomic mass is 9.97. The molecular formula is C16H28N4O5. The van der Waals surface area contributed by atoms with Gasteiger partial charge in [0.1, 0.15) is 24.4 Å². The molecule has 5 N–H and O–H groups in total. The molecule has 25 heavy (non-hydrogen) atoms. The molecule has 0 aromatic carbocycles. The number of amides is 3. The fourth-order valence-corrected chi connectivity index (χ4v) is 2.80. The molecule has 9 heteroatoms. The molecule has 1 aliphatic heterocycles. The minimum Gasteiger partial charge on any atom is -0.394 e. The largest absolute Gasteiger partial charge is 0.394 e. The Balaban J connectivity index is 2.83. The zero-order valence-electron chi connectivity index (χ0n) is 14.7. The molecule has 3 amide bonds. The van der Waals surface area contributed by atoms with Gasteiger partial charge in [-0.3, -0.25) is 14.4 Å². The van der Waals surface area contributed by atoms with Crippen LogP contribution in [0.25, 0.3) is 0 Å². The van der Waals surface area contributed by atoms with E-state index in [9.17, 15) is 19.2 Å². The molecule has 0 aromatic heterocycles. The van der Waals surface area contributed by atoms with E-state index in [1.54, 1.807) is 6.92 Å². The molecule has 142 valence electrons. The summed E-state index contributed by atoms with van der Waals surface area (Å²) in [5.74, 6) is -1.44. The summed E-state index contributed by atoms with van der Waals surface area (Å²) in [5, 5.41) is 14.1. The summed E-state index contributed by atoms with van der Waals surface area (Å²) in [6.07, 6.45) is 2.27. The number of nitrogens with zero attached hydrogens (tertiary/aromatic N) is 1. The first-order valence-electron chi connectivity index (χ1n) is 8.55. The summed E-state index contributed by atoms with van der Waals surface area (Å²) in [4.78, 5) is 49.1. The van der Waals surface area contributed by atoms with Crippen LogP contribution >= 0.6 is 0 Å². The second kappa shape index (κ2) is 10.1. The van der Waals surface area contributed by atoms with E-state index in [1.807, 2.05) is 6.92 Å². The third-order valence-corrected chi connectivity index (χ3v) is 4.53. The van der Waals surface area contributed by atoms with Crippen LogP contribution in [-0.4, -0.2) is 71.8 Å². The van der Waals surface area contributed by atoms with E-state index < -0.39 is 36.5 Å². The van der Waals surface area contributed by atoms with Crippen molar-refractivity contribution >= 4 is 24.0 Å². The van der Waals surface area contributed by atoms with Crippen LogP contribution in [0.15, 0.2) is 0 Å². The van der Waals surface area contributed by atoms with Gasteiger partial charge in [0.2, 0.25) is 17.7 Å². The predicted molar refractivity (Wildman–Crippen MR) is 90.3 cm³/mol. The average Bonchev–Trinajstić information content (AvgIpc) is 3.12. The molecule has 1 rings (SSSR count). The van der Waals surface area contributed by atoms with E-state index >= 15 is 0 Å². The van der Waals surface area contributed by atoms with Crippen molar-refractivity contribution in [2.75, 3.05) is 19.7 Å². The topological polar surface area (TPSA) is 142 Å². The lowest BCUT2D eigenvalue weighted by Gasteiger charge is -2.28. The Kier molecular flexibility index (Phi) is 8.50. The van der Waals surface area contributed by atoms with Crippen molar-refractivity contribution in [1.82, 2.24) is 15.5 Å². The van der Waals surface area contributed by atoms with Gasteiger partial charge in [-0.05, 0) is 18.8 Å². The molecule has 9 nitrogen and oxygen atoms in total. The fraction of sp³-hybridized carbons (Fsp3) is 0.750. The maximum atomic E-state index is 12.6. The van der Waals surface area contributed by atoms with E-state index in [2.05, 4.69) is 10.6 Å². The molecular weight excluding hydrogens is 328 g/mol.